The van der Waals surface area contributed by atoms with Crippen molar-refractivity contribution >= 4 is 40.1 Å². The van der Waals surface area contributed by atoms with Crippen molar-refractivity contribution in [1.29, 1.82) is 0 Å². The molecule has 3 aromatic heterocycles. The molecule has 0 amide bonds. The van der Waals surface area contributed by atoms with E-state index in [0.29, 0.717) is 32.6 Å². The standard InChI is InChI=1S/C16H10Cl2N6O/c17-10-2-1-3-11(18)13(10)24-7-9(14-20-4-5-21-14)12-8(15(24)25)6-22-16(19)23-12/h1-7H,(H,20,21)(H2,19,22,23). The number of hydrogen-bond acceptors (Lipinski definition) is 5. The first kappa shape index (κ1) is 15.6. The normalized spacial score (nSPS) is 11.1. The molecule has 4 rings (SSSR count). The predicted octanol–water partition coefficient (Wildman–Crippen LogP) is 3.06. The topological polar surface area (TPSA) is 102 Å². The molecule has 0 spiro atoms. The molecular weight excluding hydrogens is 363 g/mol. The molecule has 0 bridgehead atoms. The van der Waals surface area contributed by atoms with E-state index >= 15 is 0 Å². The molecule has 0 aliphatic heterocycles. The highest BCUT2D eigenvalue weighted by atomic mass is 35.5. The third-order valence-corrected chi connectivity index (χ3v) is 4.31. The zero-order chi connectivity index (χ0) is 17.6. The number of fused-ring (bicyclic) bond motifs is 1. The summed E-state index contributed by atoms with van der Waals surface area (Å²) in [5.74, 6) is 0.591. The zero-order valence-corrected chi connectivity index (χ0v) is 14.1. The highest BCUT2D eigenvalue weighted by molar-refractivity contribution is 6.37. The summed E-state index contributed by atoms with van der Waals surface area (Å²) in [6.07, 6.45) is 6.24. The SMILES string of the molecule is Nc1ncc2c(=O)n(-c3c(Cl)cccc3Cl)cc(-c3ncc[nH]3)c2n1. The fourth-order valence-electron chi connectivity index (χ4n) is 2.61. The second kappa shape index (κ2) is 5.87. The van der Waals surface area contributed by atoms with Gasteiger partial charge in [-0.15, -0.1) is 0 Å². The van der Waals surface area contributed by atoms with E-state index in [2.05, 4.69) is 19.9 Å². The number of nitrogens with one attached hydrogen (secondary N) is 1. The first-order valence-electron chi connectivity index (χ1n) is 7.18. The van der Waals surface area contributed by atoms with Gasteiger partial charge in [-0.3, -0.25) is 9.36 Å². The number of para-hydroxylation sites is 1. The Kier molecular flexibility index (Phi) is 3.67. The summed E-state index contributed by atoms with van der Waals surface area (Å²) in [6.45, 7) is 0. The highest BCUT2D eigenvalue weighted by Gasteiger charge is 2.18. The van der Waals surface area contributed by atoms with Crippen LogP contribution in [-0.2, 0) is 0 Å². The lowest BCUT2D eigenvalue weighted by Gasteiger charge is -2.13. The van der Waals surface area contributed by atoms with Crippen molar-refractivity contribution in [2.45, 2.75) is 0 Å². The molecule has 9 heteroatoms. The Balaban J connectivity index is 2.16. The number of halogens is 2. The van der Waals surface area contributed by atoms with Crippen LogP contribution in [0.3, 0.4) is 0 Å². The Hall–Kier alpha value is -2.90. The van der Waals surface area contributed by atoms with Crippen molar-refractivity contribution in [3.8, 4) is 17.1 Å². The minimum atomic E-state index is -0.361. The maximum atomic E-state index is 13.0. The van der Waals surface area contributed by atoms with Crippen molar-refractivity contribution in [2.75, 3.05) is 5.73 Å². The molecule has 0 atom stereocenters. The van der Waals surface area contributed by atoms with Crippen molar-refractivity contribution < 1.29 is 0 Å². The summed E-state index contributed by atoms with van der Waals surface area (Å²) < 4.78 is 1.37. The second-order valence-corrected chi connectivity index (χ2v) is 6.03. The number of benzene rings is 1. The van der Waals surface area contributed by atoms with E-state index in [1.54, 1.807) is 36.8 Å². The third-order valence-electron chi connectivity index (χ3n) is 3.70. The second-order valence-electron chi connectivity index (χ2n) is 5.22. The van der Waals surface area contributed by atoms with E-state index in [-0.39, 0.29) is 16.9 Å². The first-order valence-corrected chi connectivity index (χ1v) is 7.94. The molecule has 3 N–H and O–H groups in total. The van der Waals surface area contributed by atoms with Crippen LogP contribution in [0.15, 0.2) is 47.8 Å². The molecule has 25 heavy (non-hydrogen) atoms. The molecule has 0 fully saturated rings. The minimum Gasteiger partial charge on any atom is -0.368 e. The maximum Gasteiger partial charge on any atom is 0.266 e. The molecule has 0 saturated carbocycles. The Morgan fingerprint density at radius 3 is 2.60 bits per heavy atom. The van der Waals surface area contributed by atoms with Gasteiger partial charge in [-0.25, -0.2) is 15.0 Å². The quantitative estimate of drug-likeness (QED) is 0.562. The number of anilines is 1. The Labute approximate surface area is 151 Å². The van der Waals surface area contributed by atoms with Gasteiger partial charge in [-0.05, 0) is 12.1 Å². The number of aromatic amines is 1. The van der Waals surface area contributed by atoms with Crippen molar-refractivity contribution in [1.82, 2.24) is 24.5 Å². The predicted molar refractivity (Wildman–Crippen MR) is 97.1 cm³/mol. The summed E-state index contributed by atoms with van der Waals surface area (Å²) in [4.78, 5) is 28.3. The summed E-state index contributed by atoms with van der Waals surface area (Å²) in [5, 5.41) is 0.963. The Morgan fingerprint density at radius 2 is 1.92 bits per heavy atom. The van der Waals surface area contributed by atoms with Gasteiger partial charge < -0.3 is 10.7 Å². The molecule has 124 valence electrons. The summed E-state index contributed by atoms with van der Waals surface area (Å²) in [7, 11) is 0. The average Bonchev–Trinajstić information content (AvgIpc) is 3.11. The number of nitrogens with zero attached hydrogens (tertiary/aromatic N) is 4. The summed E-state index contributed by atoms with van der Waals surface area (Å²) in [6, 6.07) is 5.02. The number of nitrogen functional groups attached to an aromatic ring is 1. The smallest absolute Gasteiger partial charge is 0.266 e. The first-order chi connectivity index (χ1) is 12.1. The van der Waals surface area contributed by atoms with Gasteiger partial charge in [0.05, 0.1) is 32.2 Å². The van der Waals surface area contributed by atoms with Gasteiger partial charge in [-0.2, -0.15) is 0 Å². The molecule has 0 radical (unpaired) electrons. The minimum absolute atomic E-state index is 0.0632. The number of H-pyrrole nitrogens is 1. The summed E-state index contributed by atoms with van der Waals surface area (Å²) in [5.41, 5.74) is 6.68. The lowest BCUT2D eigenvalue weighted by Crippen LogP contribution is -2.20. The van der Waals surface area contributed by atoms with Crippen LogP contribution < -0.4 is 11.3 Å². The Morgan fingerprint density at radius 1 is 1.16 bits per heavy atom. The van der Waals surface area contributed by atoms with Crippen molar-refractivity contribution in [3.05, 3.63) is 63.4 Å². The van der Waals surface area contributed by atoms with Crippen LogP contribution in [0.4, 0.5) is 5.95 Å². The van der Waals surface area contributed by atoms with Gasteiger partial charge in [-0.1, -0.05) is 29.3 Å². The van der Waals surface area contributed by atoms with E-state index in [0.717, 1.165) is 0 Å². The van der Waals surface area contributed by atoms with Crippen LogP contribution >= 0.6 is 23.2 Å². The van der Waals surface area contributed by atoms with Gasteiger partial charge in [0.2, 0.25) is 5.95 Å². The van der Waals surface area contributed by atoms with Crippen LogP contribution in [0.2, 0.25) is 10.0 Å². The number of imidazole rings is 1. The third kappa shape index (κ3) is 2.54. The van der Waals surface area contributed by atoms with E-state index < -0.39 is 0 Å². The molecule has 0 unspecified atom stereocenters. The van der Waals surface area contributed by atoms with Crippen molar-refractivity contribution in [2.24, 2.45) is 0 Å². The molecule has 4 aromatic rings. The number of pyridine rings is 1. The molecule has 7 nitrogen and oxygen atoms in total. The van der Waals surface area contributed by atoms with E-state index in [4.69, 9.17) is 28.9 Å². The van der Waals surface area contributed by atoms with Gasteiger partial charge in [0.1, 0.15) is 5.82 Å². The van der Waals surface area contributed by atoms with Gasteiger partial charge in [0, 0.05) is 24.8 Å². The maximum absolute atomic E-state index is 13.0. The van der Waals surface area contributed by atoms with Gasteiger partial charge >= 0.3 is 0 Å². The lowest BCUT2D eigenvalue weighted by molar-refractivity contribution is 1.00. The Bertz CT molecular complexity index is 1130. The van der Waals surface area contributed by atoms with E-state index in [9.17, 15) is 4.79 Å². The number of nitrogens with two attached hydrogens (primary N) is 1. The van der Waals surface area contributed by atoms with Gasteiger partial charge in [0.25, 0.3) is 5.56 Å². The molecule has 0 aliphatic rings. The van der Waals surface area contributed by atoms with Crippen LogP contribution in [0.1, 0.15) is 0 Å². The van der Waals surface area contributed by atoms with Gasteiger partial charge in [0.15, 0.2) is 0 Å². The number of hydrogen-bond donors (Lipinski definition) is 2. The summed E-state index contributed by atoms with van der Waals surface area (Å²) >= 11 is 12.5. The van der Waals surface area contributed by atoms with Crippen molar-refractivity contribution in [3.63, 3.8) is 0 Å². The van der Waals surface area contributed by atoms with Crippen LogP contribution in [-0.4, -0.2) is 24.5 Å². The van der Waals surface area contributed by atoms with Crippen LogP contribution in [0, 0.1) is 0 Å². The zero-order valence-electron chi connectivity index (χ0n) is 12.6. The van der Waals surface area contributed by atoms with E-state index in [1.807, 2.05) is 0 Å². The fourth-order valence-corrected chi connectivity index (χ4v) is 3.19. The highest BCUT2D eigenvalue weighted by Crippen LogP contribution is 2.30. The fraction of sp³-hybridized carbons (Fsp3) is 0. The largest absolute Gasteiger partial charge is 0.368 e. The average molecular weight is 373 g/mol. The number of aromatic nitrogens is 5. The van der Waals surface area contributed by atoms with E-state index in [1.165, 1.54) is 10.8 Å². The van der Waals surface area contributed by atoms with Crippen LogP contribution in [0.5, 0.6) is 0 Å². The molecule has 0 aliphatic carbocycles. The molecule has 0 saturated heterocycles. The molecular formula is C16H10Cl2N6O. The number of rotatable bonds is 2. The van der Waals surface area contributed by atoms with Crippen LogP contribution in [0.25, 0.3) is 28.0 Å². The monoisotopic (exact) mass is 372 g/mol. The molecule has 3 heterocycles. The lowest BCUT2D eigenvalue weighted by atomic mass is 10.1. The molecule has 1 aromatic carbocycles.